The number of piperazine rings is 1. The number of halogens is 2. The lowest BCUT2D eigenvalue weighted by molar-refractivity contribution is 0.103. The molecule has 0 unspecified atom stereocenters. The van der Waals surface area contributed by atoms with Crippen molar-refractivity contribution in [3.63, 3.8) is 0 Å². The van der Waals surface area contributed by atoms with Crippen LogP contribution < -0.4 is 15.5 Å². The zero-order valence-electron chi connectivity index (χ0n) is 20.4. The van der Waals surface area contributed by atoms with E-state index in [9.17, 15) is 14.0 Å². The maximum Gasteiger partial charge on any atom is 0.332 e. The molecule has 38 heavy (non-hydrogen) atoms. The number of nitrogens with zero attached hydrogens (tertiary/aromatic N) is 5. The van der Waals surface area contributed by atoms with E-state index in [1.54, 1.807) is 6.07 Å². The Morgan fingerprint density at radius 1 is 1.13 bits per heavy atom. The van der Waals surface area contributed by atoms with Gasteiger partial charge in [0.25, 0.3) is 5.91 Å². The fraction of sp³-hybridized carbons (Fsp3) is 0.231. The number of nitrogens with one attached hydrogen (secondary N) is 2. The first-order valence-corrected chi connectivity index (χ1v) is 13.6. The largest absolute Gasteiger partial charge is 0.332 e. The number of carbonyl (C=O) groups is 2. The highest BCUT2D eigenvalue weighted by Crippen LogP contribution is 2.45. The molecule has 2 aromatic carbocycles. The molecule has 2 aliphatic rings. The van der Waals surface area contributed by atoms with Gasteiger partial charge in [0, 0.05) is 42.9 Å². The van der Waals surface area contributed by atoms with Crippen molar-refractivity contribution in [3.05, 3.63) is 69.5 Å². The number of rotatable bonds is 5. The third-order valence-electron chi connectivity index (χ3n) is 6.69. The van der Waals surface area contributed by atoms with Crippen LogP contribution in [0.25, 0.3) is 10.2 Å². The number of hydrogen-bond donors (Lipinski definition) is 2. The first-order chi connectivity index (χ1) is 18.4. The average molecular weight is 596 g/mol. The molecular weight excluding hydrogens is 573 g/mol. The predicted molar refractivity (Wildman–Crippen MR) is 150 cm³/mol. The van der Waals surface area contributed by atoms with E-state index in [1.807, 2.05) is 24.3 Å². The van der Waals surface area contributed by atoms with Crippen molar-refractivity contribution in [1.29, 1.82) is 0 Å². The highest BCUT2D eigenvalue weighted by Gasteiger charge is 2.35. The summed E-state index contributed by atoms with van der Waals surface area (Å²) in [6.07, 6.45) is 1.31. The Morgan fingerprint density at radius 2 is 1.89 bits per heavy atom. The Bertz CT molecular complexity index is 1550. The Hall–Kier alpha value is -3.45. The summed E-state index contributed by atoms with van der Waals surface area (Å²) in [7, 11) is 2.14. The SMILES string of the molecule is CN1CCN(Cc2ccc(NC(=O)c3sc4ncnc5c4c3NC(=O)N5c3ccc(Br)cc3F)cc2)CC1. The second-order valence-electron chi connectivity index (χ2n) is 9.28. The van der Waals surface area contributed by atoms with E-state index in [0.717, 1.165) is 49.0 Å². The summed E-state index contributed by atoms with van der Waals surface area (Å²) in [5.74, 6) is -0.739. The Labute approximate surface area is 230 Å². The summed E-state index contributed by atoms with van der Waals surface area (Å²) >= 11 is 4.38. The van der Waals surface area contributed by atoms with Crippen molar-refractivity contribution < 1.29 is 14.0 Å². The molecule has 194 valence electrons. The summed E-state index contributed by atoms with van der Waals surface area (Å²) in [4.78, 5) is 41.7. The van der Waals surface area contributed by atoms with Gasteiger partial charge in [0.1, 0.15) is 21.9 Å². The van der Waals surface area contributed by atoms with Gasteiger partial charge >= 0.3 is 6.03 Å². The van der Waals surface area contributed by atoms with Crippen LogP contribution in [0.4, 0.5) is 32.1 Å². The number of thiophene rings is 1. The molecule has 9 nitrogen and oxygen atoms in total. The van der Waals surface area contributed by atoms with E-state index in [0.29, 0.717) is 30.9 Å². The van der Waals surface area contributed by atoms with Gasteiger partial charge in [-0.3, -0.25) is 9.69 Å². The second kappa shape index (κ2) is 10.0. The summed E-state index contributed by atoms with van der Waals surface area (Å²) in [5.41, 5.74) is 2.19. The van der Waals surface area contributed by atoms with Crippen LogP contribution in [0.3, 0.4) is 0 Å². The number of aromatic nitrogens is 2. The highest BCUT2D eigenvalue weighted by molar-refractivity contribution is 9.10. The predicted octanol–water partition coefficient (Wildman–Crippen LogP) is 5.28. The zero-order chi connectivity index (χ0) is 26.4. The van der Waals surface area contributed by atoms with Gasteiger partial charge in [-0.2, -0.15) is 0 Å². The normalized spacial score (nSPS) is 16.1. The van der Waals surface area contributed by atoms with Gasteiger partial charge in [-0.25, -0.2) is 24.1 Å². The topological polar surface area (TPSA) is 93.7 Å². The number of amides is 3. The van der Waals surface area contributed by atoms with Gasteiger partial charge in [-0.1, -0.05) is 28.1 Å². The van der Waals surface area contributed by atoms with Crippen molar-refractivity contribution in [3.8, 4) is 0 Å². The molecule has 6 rings (SSSR count). The minimum atomic E-state index is -0.612. The van der Waals surface area contributed by atoms with E-state index >= 15 is 0 Å². The molecule has 2 N–H and O–H groups in total. The van der Waals surface area contributed by atoms with Crippen LogP contribution >= 0.6 is 27.3 Å². The molecule has 1 fully saturated rings. The van der Waals surface area contributed by atoms with Crippen LogP contribution in [0.15, 0.2) is 53.3 Å². The first kappa shape index (κ1) is 24.9. The van der Waals surface area contributed by atoms with Gasteiger partial charge in [-0.15, -0.1) is 11.3 Å². The third kappa shape index (κ3) is 4.64. The summed E-state index contributed by atoms with van der Waals surface area (Å²) in [6.45, 7) is 5.05. The molecule has 2 aromatic heterocycles. The van der Waals surface area contributed by atoms with E-state index < -0.39 is 11.8 Å². The molecule has 0 atom stereocenters. The lowest BCUT2D eigenvalue weighted by Gasteiger charge is -2.32. The fourth-order valence-electron chi connectivity index (χ4n) is 4.66. The fourth-order valence-corrected chi connectivity index (χ4v) is 5.98. The molecule has 2 aliphatic heterocycles. The molecule has 3 amide bonds. The summed E-state index contributed by atoms with van der Waals surface area (Å²) < 4.78 is 15.3. The van der Waals surface area contributed by atoms with Crippen molar-refractivity contribution in [1.82, 2.24) is 19.8 Å². The molecule has 0 spiro atoms. The first-order valence-electron chi connectivity index (χ1n) is 12.0. The average Bonchev–Trinajstić information content (AvgIpc) is 3.27. The minimum Gasteiger partial charge on any atom is -0.321 e. The molecule has 0 aliphatic carbocycles. The van der Waals surface area contributed by atoms with E-state index in [-0.39, 0.29) is 17.4 Å². The van der Waals surface area contributed by atoms with E-state index in [2.05, 4.69) is 53.4 Å². The number of likely N-dealkylation sites (N-methyl/N-ethyl adjacent to an activating group) is 1. The van der Waals surface area contributed by atoms with E-state index in [1.165, 1.54) is 24.0 Å². The highest BCUT2D eigenvalue weighted by atomic mass is 79.9. The van der Waals surface area contributed by atoms with Crippen molar-refractivity contribution in [2.24, 2.45) is 0 Å². The van der Waals surface area contributed by atoms with Crippen molar-refractivity contribution in [2.75, 3.05) is 48.8 Å². The molecule has 12 heteroatoms. The maximum absolute atomic E-state index is 14.8. The lowest BCUT2D eigenvalue weighted by Crippen LogP contribution is -2.43. The number of benzene rings is 2. The summed E-state index contributed by atoms with van der Waals surface area (Å²) in [6, 6.07) is 11.6. The van der Waals surface area contributed by atoms with Gasteiger partial charge < -0.3 is 15.5 Å². The quantitative estimate of drug-likeness (QED) is 0.326. The standard InChI is InChI=1S/C26H23BrFN7O2S/c1-33-8-10-34(11-9-33)13-15-2-5-17(6-3-15)31-24(36)22-21-20-23(29-14-30-25(20)38-22)35(26(37)32-21)19-7-4-16(27)12-18(19)28/h2-7,12,14H,8-11,13H2,1H3,(H,31,36)(H,32,37). The molecule has 0 saturated carbocycles. The second-order valence-corrected chi connectivity index (χ2v) is 11.2. The Balaban J connectivity index is 1.25. The molecule has 0 bridgehead atoms. The van der Waals surface area contributed by atoms with Crippen molar-refractivity contribution in [2.45, 2.75) is 6.54 Å². The van der Waals surface area contributed by atoms with Gasteiger partial charge in [-0.05, 0) is 42.9 Å². The van der Waals surface area contributed by atoms with E-state index in [4.69, 9.17) is 0 Å². The maximum atomic E-state index is 14.8. The van der Waals surface area contributed by atoms with Crippen LogP contribution in [0.2, 0.25) is 0 Å². The smallest absolute Gasteiger partial charge is 0.321 e. The van der Waals surface area contributed by atoms with Crippen LogP contribution in [0.5, 0.6) is 0 Å². The van der Waals surface area contributed by atoms with Crippen LogP contribution in [-0.4, -0.2) is 64.9 Å². The molecule has 4 heterocycles. The van der Waals surface area contributed by atoms with Crippen LogP contribution in [-0.2, 0) is 6.54 Å². The zero-order valence-corrected chi connectivity index (χ0v) is 22.8. The number of hydrogen-bond acceptors (Lipinski definition) is 7. The van der Waals surface area contributed by atoms with Gasteiger partial charge in [0.15, 0.2) is 5.82 Å². The molecule has 1 saturated heterocycles. The molecule has 4 aromatic rings. The van der Waals surface area contributed by atoms with Crippen molar-refractivity contribution >= 4 is 72.3 Å². The number of anilines is 4. The Kier molecular flexibility index (Phi) is 6.56. The van der Waals surface area contributed by atoms with Gasteiger partial charge in [0.05, 0.1) is 16.8 Å². The molecule has 0 radical (unpaired) electrons. The van der Waals surface area contributed by atoms with Crippen LogP contribution in [0.1, 0.15) is 15.2 Å². The lowest BCUT2D eigenvalue weighted by atomic mass is 10.1. The number of carbonyl (C=O) groups excluding carboxylic acids is 2. The van der Waals surface area contributed by atoms with Crippen LogP contribution in [0, 0.1) is 5.82 Å². The Morgan fingerprint density at radius 3 is 2.63 bits per heavy atom. The molecular formula is C26H23BrFN7O2S. The van der Waals surface area contributed by atoms with Gasteiger partial charge in [0.2, 0.25) is 0 Å². The number of urea groups is 1. The minimum absolute atomic E-state index is 0.0465. The summed E-state index contributed by atoms with van der Waals surface area (Å²) in [5, 5.41) is 6.17. The third-order valence-corrected chi connectivity index (χ3v) is 8.28. The monoisotopic (exact) mass is 595 g/mol.